The number of nitrogen functional groups attached to an aromatic ring is 1. The summed E-state index contributed by atoms with van der Waals surface area (Å²) < 4.78 is 22.3. The molecule has 1 atom stereocenters. The van der Waals surface area contributed by atoms with Gasteiger partial charge in [0.2, 0.25) is 0 Å². The molecular formula is C10H13NO3S. The van der Waals surface area contributed by atoms with Gasteiger partial charge in [-0.1, -0.05) is 0 Å². The van der Waals surface area contributed by atoms with Crippen LogP contribution >= 0.6 is 0 Å². The predicted octanol–water partition coefficient (Wildman–Crippen LogP) is 0.885. The van der Waals surface area contributed by atoms with Crippen molar-refractivity contribution in [2.75, 3.05) is 12.0 Å². The molecule has 0 aromatic heterocycles. The Labute approximate surface area is 89.0 Å². The molecule has 0 bridgehead atoms. The van der Waals surface area contributed by atoms with Crippen molar-refractivity contribution in [1.82, 2.24) is 0 Å². The van der Waals surface area contributed by atoms with E-state index in [0.717, 1.165) is 6.26 Å². The van der Waals surface area contributed by atoms with Gasteiger partial charge in [0.1, 0.15) is 5.25 Å². The fourth-order valence-corrected chi connectivity index (χ4v) is 1.60. The van der Waals surface area contributed by atoms with Crippen molar-refractivity contribution in [3.8, 4) is 0 Å². The molecule has 82 valence electrons. The van der Waals surface area contributed by atoms with Crippen LogP contribution in [0.15, 0.2) is 24.3 Å². The van der Waals surface area contributed by atoms with E-state index in [1.165, 1.54) is 19.1 Å². The highest BCUT2D eigenvalue weighted by atomic mass is 32.2. The highest BCUT2D eigenvalue weighted by Gasteiger charge is 2.24. The molecule has 0 aliphatic carbocycles. The van der Waals surface area contributed by atoms with Crippen LogP contribution < -0.4 is 5.73 Å². The topological polar surface area (TPSA) is 77.2 Å². The van der Waals surface area contributed by atoms with Gasteiger partial charge in [-0.15, -0.1) is 0 Å². The van der Waals surface area contributed by atoms with Crippen LogP contribution in [0.2, 0.25) is 0 Å². The van der Waals surface area contributed by atoms with Crippen LogP contribution in [-0.2, 0) is 9.84 Å². The first-order valence-corrected chi connectivity index (χ1v) is 6.36. The first-order valence-electron chi connectivity index (χ1n) is 4.41. The predicted molar refractivity (Wildman–Crippen MR) is 59.5 cm³/mol. The molecule has 0 unspecified atom stereocenters. The Morgan fingerprint density at radius 2 is 1.73 bits per heavy atom. The number of anilines is 1. The normalized spacial score (nSPS) is 13.5. The average molecular weight is 227 g/mol. The molecule has 1 aromatic rings. The lowest BCUT2D eigenvalue weighted by atomic mass is 10.1. The number of Topliss-reactive ketones (excluding diaryl/α,β-unsaturated/α-hetero) is 1. The number of benzene rings is 1. The monoisotopic (exact) mass is 227 g/mol. The molecule has 0 saturated carbocycles. The Kier molecular flexibility index (Phi) is 3.14. The quantitative estimate of drug-likeness (QED) is 0.614. The molecule has 15 heavy (non-hydrogen) atoms. The van der Waals surface area contributed by atoms with Crippen molar-refractivity contribution in [2.45, 2.75) is 12.2 Å². The van der Waals surface area contributed by atoms with E-state index in [-0.39, 0.29) is 0 Å². The minimum Gasteiger partial charge on any atom is -0.399 e. The van der Waals surface area contributed by atoms with E-state index in [2.05, 4.69) is 0 Å². The van der Waals surface area contributed by atoms with Crippen LogP contribution in [0.5, 0.6) is 0 Å². The molecule has 1 aromatic carbocycles. The Morgan fingerprint density at radius 1 is 1.27 bits per heavy atom. The van der Waals surface area contributed by atoms with Gasteiger partial charge in [-0.05, 0) is 31.2 Å². The summed E-state index contributed by atoms with van der Waals surface area (Å²) in [4.78, 5) is 11.7. The third-order valence-corrected chi connectivity index (χ3v) is 3.71. The van der Waals surface area contributed by atoms with E-state index in [0.29, 0.717) is 11.3 Å². The van der Waals surface area contributed by atoms with Gasteiger partial charge >= 0.3 is 0 Å². The van der Waals surface area contributed by atoms with Crippen LogP contribution in [-0.4, -0.2) is 25.7 Å². The Bertz CT molecular complexity index is 462. The van der Waals surface area contributed by atoms with Gasteiger partial charge in [0.25, 0.3) is 0 Å². The summed E-state index contributed by atoms with van der Waals surface area (Å²) in [5, 5.41) is -1.01. The molecule has 0 fully saturated rings. The first kappa shape index (κ1) is 11.7. The summed E-state index contributed by atoms with van der Waals surface area (Å²) in [5.41, 5.74) is 6.36. The lowest BCUT2D eigenvalue weighted by molar-refractivity contribution is 0.0991. The van der Waals surface area contributed by atoms with Gasteiger partial charge in [0.15, 0.2) is 15.6 Å². The third-order valence-electron chi connectivity index (χ3n) is 2.21. The zero-order chi connectivity index (χ0) is 11.6. The number of nitrogens with two attached hydrogens (primary N) is 1. The van der Waals surface area contributed by atoms with Gasteiger partial charge in [0.05, 0.1) is 0 Å². The van der Waals surface area contributed by atoms with Crippen molar-refractivity contribution in [3.05, 3.63) is 29.8 Å². The van der Waals surface area contributed by atoms with Crippen LogP contribution in [0.25, 0.3) is 0 Å². The van der Waals surface area contributed by atoms with Gasteiger partial charge in [0, 0.05) is 17.5 Å². The molecule has 0 saturated heterocycles. The second-order valence-electron chi connectivity index (χ2n) is 3.46. The molecule has 0 spiro atoms. The van der Waals surface area contributed by atoms with Crippen molar-refractivity contribution in [2.24, 2.45) is 0 Å². The number of sulfone groups is 1. The summed E-state index contributed by atoms with van der Waals surface area (Å²) in [6.07, 6.45) is 1.05. The minimum atomic E-state index is -3.34. The van der Waals surface area contributed by atoms with Crippen LogP contribution in [0.3, 0.4) is 0 Å². The van der Waals surface area contributed by atoms with Gasteiger partial charge in [-0.2, -0.15) is 0 Å². The van der Waals surface area contributed by atoms with E-state index in [9.17, 15) is 13.2 Å². The van der Waals surface area contributed by atoms with E-state index in [4.69, 9.17) is 5.73 Å². The highest BCUT2D eigenvalue weighted by Crippen LogP contribution is 2.11. The maximum Gasteiger partial charge on any atom is 0.180 e. The molecule has 0 aliphatic heterocycles. The van der Waals surface area contributed by atoms with Crippen molar-refractivity contribution in [1.29, 1.82) is 0 Å². The van der Waals surface area contributed by atoms with Crippen molar-refractivity contribution in [3.63, 3.8) is 0 Å². The van der Waals surface area contributed by atoms with Crippen molar-refractivity contribution < 1.29 is 13.2 Å². The van der Waals surface area contributed by atoms with Gasteiger partial charge < -0.3 is 5.73 Å². The minimum absolute atomic E-state index is 0.363. The Hall–Kier alpha value is -1.36. The summed E-state index contributed by atoms with van der Waals surface area (Å²) in [6.45, 7) is 1.38. The Morgan fingerprint density at radius 3 is 2.13 bits per heavy atom. The van der Waals surface area contributed by atoms with Crippen molar-refractivity contribution >= 4 is 21.3 Å². The van der Waals surface area contributed by atoms with Crippen LogP contribution in [0.4, 0.5) is 5.69 Å². The smallest absolute Gasteiger partial charge is 0.180 e. The molecule has 1 rings (SSSR count). The van der Waals surface area contributed by atoms with Crippen LogP contribution in [0.1, 0.15) is 17.3 Å². The summed E-state index contributed by atoms with van der Waals surface area (Å²) >= 11 is 0. The molecule has 4 nitrogen and oxygen atoms in total. The van der Waals surface area contributed by atoms with Crippen LogP contribution in [0, 0.1) is 0 Å². The number of carbonyl (C=O) groups excluding carboxylic acids is 1. The molecule has 0 heterocycles. The molecule has 0 amide bonds. The van der Waals surface area contributed by atoms with Gasteiger partial charge in [-0.25, -0.2) is 8.42 Å². The maximum atomic E-state index is 11.7. The highest BCUT2D eigenvalue weighted by molar-refractivity contribution is 7.92. The Balaban J connectivity index is 3.01. The lowest BCUT2D eigenvalue weighted by Crippen LogP contribution is -2.26. The first-order chi connectivity index (χ1) is 6.82. The SMILES string of the molecule is C[C@H](C(=O)c1ccc(N)cc1)S(C)(=O)=O. The second kappa shape index (κ2) is 4.02. The number of rotatable bonds is 3. The van der Waals surface area contributed by atoms with E-state index >= 15 is 0 Å². The second-order valence-corrected chi connectivity index (χ2v) is 5.82. The summed E-state index contributed by atoms with van der Waals surface area (Å²) in [6, 6.07) is 6.20. The number of carbonyl (C=O) groups is 1. The maximum absolute atomic E-state index is 11.7. The molecule has 2 N–H and O–H groups in total. The fraction of sp³-hybridized carbons (Fsp3) is 0.300. The van der Waals surface area contributed by atoms with E-state index in [1.54, 1.807) is 12.1 Å². The molecule has 0 aliphatic rings. The number of hydrogen-bond donors (Lipinski definition) is 1. The standard InChI is InChI=1S/C10H13NO3S/c1-7(15(2,13)14)10(12)8-3-5-9(11)6-4-8/h3-7H,11H2,1-2H3/t7-/m1/s1. The lowest BCUT2D eigenvalue weighted by Gasteiger charge is -2.08. The molecule has 0 radical (unpaired) electrons. The third kappa shape index (κ3) is 2.79. The molecular weight excluding hydrogens is 214 g/mol. The summed E-state index contributed by atoms with van der Waals surface area (Å²) in [5.74, 6) is -0.405. The van der Waals surface area contributed by atoms with E-state index < -0.39 is 20.9 Å². The number of hydrogen-bond acceptors (Lipinski definition) is 4. The largest absolute Gasteiger partial charge is 0.399 e. The number of ketones is 1. The van der Waals surface area contributed by atoms with Gasteiger partial charge in [-0.3, -0.25) is 4.79 Å². The average Bonchev–Trinajstić information content (AvgIpc) is 2.15. The fourth-order valence-electron chi connectivity index (χ4n) is 1.08. The zero-order valence-electron chi connectivity index (χ0n) is 8.60. The van der Waals surface area contributed by atoms with E-state index in [1.807, 2.05) is 0 Å². The molecule has 5 heteroatoms. The zero-order valence-corrected chi connectivity index (χ0v) is 9.41. The summed E-state index contributed by atoms with van der Waals surface area (Å²) in [7, 11) is -3.34.